The monoisotopic (exact) mass is 285 g/mol. The van der Waals surface area contributed by atoms with Crippen LogP contribution < -0.4 is 4.90 Å². The Kier molecular flexibility index (Phi) is 2.73. The van der Waals surface area contributed by atoms with Gasteiger partial charge in [-0.3, -0.25) is 0 Å². The number of halogens is 1. The van der Waals surface area contributed by atoms with Gasteiger partial charge in [-0.05, 0) is 35.4 Å². The average Bonchev–Trinajstić information content (AvgIpc) is 2.38. The van der Waals surface area contributed by atoms with E-state index in [1.54, 1.807) is 0 Å². The fourth-order valence-corrected chi connectivity index (χ4v) is 2.47. The van der Waals surface area contributed by atoms with Crippen LogP contribution in [0.15, 0.2) is 59.2 Å². The Morgan fingerprint density at radius 1 is 1.00 bits per heavy atom. The van der Waals surface area contributed by atoms with Gasteiger partial charge < -0.3 is 4.90 Å². The molecule has 1 aliphatic rings. The number of hydrogen-bond acceptors (Lipinski definition) is 1. The Labute approximate surface area is 110 Å². The lowest BCUT2D eigenvalue weighted by molar-refractivity contribution is 0.953. The van der Waals surface area contributed by atoms with Crippen molar-refractivity contribution < 1.29 is 0 Å². The lowest BCUT2D eigenvalue weighted by atomic mass is 10.0. The molecule has 1 heterocycles. The van der Waals surface area contributed by atoms with Gasteiger partial charge in [0.15, 0.2) is 0 Å². The van der Waals surface area contributed by atoms with Crippen LogP contribution in [-0.4, -0.2) is 0 Å². The van der Waals surface area contributed by atoms with E-state index >= 15 is 0 Å². The Balaban J connectivity index is 1.95. The molecule has 1 aliphatic heterocycles. The number of rotatable bonds is 1. The van der Waals surface area contributed by atoms with Gasteiger partial charge in [-0.1, -0.05) is 46.3 Å². The Bertz CT molecular complexity index is 575. The van der Waals surface area contributed by atoms with E-state index in [1.165, 1.54) is 16.8 Å². The van der Waals surface area contributed by atoms with E-state index in [1.807, 2.05) is 6.07 Å². The van der Waals surface area contributed by atoms with Crippen LogP contribution in [0.3, 0.4) is 0 Å². The molecule has 84 valence electrons. The van der Waals surface area contributed by atoms with Crippen molar-refractivity contribution in [2.24, 2.45) is 0 Å². The third kappa shape index (κ3) is 2.13. The average molecular weight is 286 g/mol. The van der Waals surface area contributed by atoms with Crippen LogP contribution in [0.25, 0.3) is 6.08 Å². The SMILES string of the molecule is Brc1cccc(N2C=Cc3ccccc3C2)c1. The molecule has 0 amide bonds. The lowest BCUT2D eigenvalue weighted by Gasteiger charge is -2.25. The van der Waals surface area contributed by atoms with E-state index in [2.05, 4.69) is 75.6 Å². The summed E-state index contributed by atoms with van der Waals surface area (Å²) in [6.07, 6.45) is 4.31. The highest BCUT2D eigenvalue weighted by Crippen LogP contribution is 2.26. The van der Waals surface area contributed by atoms with Gasteiger partial charge in [-0.2, -0.15) is 0 Å². The molecule has 0 saturated heterocycles. The molecule has 2 heteroatoms. The van der Waals surface area contributed by atoms with Crippen molar-refractivity contribution in [1.82, 2.24) is 0 Å². The Morgan fingerprint density at radius 2 is 1.88 bits per heavy atom. The van der Waals surface area contributed by atoms with E-state index < -0.39 is 0 Å². The second kappa shape index (κ2) is 4.38. The fraction of sp³-hybridized carbons (Fsp3) is 0.0667. The predicted molar refractivity (Wildman–Crippen MR) is 75.8 cm³/mol. The molecule has 0 aliphatic carbocycles. The zero-order chi connectivity index (χ0) is 11.7. The van der Waals surface area contributed by atoms with Gasteiger partial charge in [0.1, 0.15) is 0 Å². The largest absolute Gasteiger partial charge is 0.343 e. The third-order valence-electron chi connectivity index (χ3n) is 2.97. The Morgan fingerprint density at radius 3 is 2.76 bits per heavy atom. The van der Waals surface area contributed by atoms with Crippen molar-refractivity contribution in [1.29, 1.82) is 0 Å². The zero-order valence-corrected chi connectivity index (χ0v) is 10.9. The maximum absolute atomic E-state index is 3.51. The zero-order valence-electron chi connectivity index (χ0n) is 9.31. The van der Waals surface area contributed by atoms with Crippen molar-refractivity contribution in [2.45, 2.75) is 6.54 Å². The summed E-state index contributed by atoms with van der Waals surface area (Å²) in [5, 5.41) is 0. The summed E-state index contributed by atoms with van der Waals surface area (Å²) in [4.78, 5) is 2.26. The van der Waals surface area contributed by atoms with E-state index in [-0.39, 0.29) is 0 Å². The van der Waals surface area contributed by atoms with E-state index in [0.717, 1.165) is 11.0 Å². The molecule has 1 nitrogen and oxygen atoms in total. The first-order valence-corrected chi connectivity index (χ1v) is 6.40. The Hall–Kier alpha value is -1.54. The molecule has 2 aromatic rings. The number of benzene rings is 2. The van der Waals surface area contributed by atoms with Gasteiger partial charge in [-0.25, -0.2) is 0 Å². The smallest absolute Gasteiger partial charge is 0.0481 e. The number of anilines is 1. The predicted octanol–water partition coefficient (Wildman–Crippen LogP) is 4.44. The lowest BCUT2D eigenvalue weighted by Crippen LogP contribution is -2.18. The number of nitrogens with zero attached hydrogens (tertiary/aromatic N) is 1. The van der Waals surface area contributed by atoms with Crippen LogP contribution >= 0.6 is 15.9 Å². The number of hydrogen-bond donors (Lipinski definition) is 0. The van der Waals surface area contributed by atoms with E-state index in [4.69, 9.17) is 0 Å². The maximum atomic E-state index is 3.51. The fourth-order valence-electron chi connectivity index (χ4n) is 2.08. The van der Waals surface area contributed by atoms with Crippen LogP contribution in [0.4, 0.5) is 5.69 Å². The minimum Gasteiger partial charge on any atom is -0.343 e. The van der Waals surface area contributed by atoms with Crippen LogP contribution in [0.2, 0.25) is 0 Å². The summed E-state index contributed by atoms with van der Waals surface area (Å²) in [6, 6.07) is 16.9. The van der Waals surface area contributed by atoms with Gasteiger partial charge in [0.05, 0.1) is 0 Å². The minimum absolute atomic E-state index is 0.934. The molecule has 0 unspecified atom stereocenters. The first-order valence-electron chi connectivity index (χ1n) is 5.61. The summed E-state index contributed by atoms with van der Waals surface area (Å²) in [5.74, 6) is 0. The molecular weight excluding hydrogens is 274 g/mol. The minimum atomic E-state index is 0.934. The molecular formula is C15H12BrN. The molecule has 0 aromatic heterocycles. The van der Waals surface area contributed by atoms with Crippen molar-refractivity contribution in [3.63, 3.8) is 0 Å². The van der Waals surface area contributed by atoms with Gasteiger partial charge in [0.2, 0.25) is 0 Å². The van der Waals surface area contributed by atoms with Gasteiger partial charge in [0, 0.05) is 22.9 Å². The highest BCUT2D eigenvalue weighted by Gasteiger charge is 2.11. The van der Waals surface area contributed by atoms with Gasteiger partial charge >= 0.3 is 0 Å². The maximum Gasteiger partial charge on any atom is 0.0481 e. The molecule has 0 N–H and O–H groups in total. The quantitative estimate of drug-likeness (QED) is 0.749. The summed E-state index contributed by atoms with van der Waals surface area (Å²) in [6.45, 7) is 0.934. The van der Waals surface area contributed by atoms with E-state index in [0.29, 0.717) is 0 Å². The van der Waals surface area contributed by atoms with Gasteiger partial charge in [-0.15, -0.1) is 0 Å². The van der Waals surface area contributed by atoms with Crippen LogP contribution in [0.1, 0.15) is 11.1 Å². The topological polar surface area (TPSA) is 3.24 Å². The molecule has 0 atom stereocenters. The van der Waals surface area contributed by atoms with Crippen LogP contribution in [0, 0.1) is 0 Å². The summed E-state index contributed by atoms with van der Waals surface area (Å²) < 4.78 is 1.11. The number of fused-ring (bicyclic) bond motifs is 1. The first-order chi connectivity index (χ1) is 8.33. The molecule has 0 spiro atoms. The summed E-state index contributed by atoms with van der Waals surface area (Å²) in [5.41, 5.74) is 3.90. The normalized spacial score (nSPS) is 13.6. The van der Waals surface area contributed by atoms with Crippen LogP contribution in [0.5, 0.6) is 0 Å². The summed E-state index contributed by atoms with van der Waals surface area (Å²) >= 11 is 3.51. The third-order valence-corrected chi connectivity index (χ3v) is 3.46. The van der Waals surface area contributed by atoms with Crippen molar-refractivity contribution in [3.05, 3.63) is 70.3 Å². The van der Waals surface area contributed by atoms with Crippen LogP contribution in [-0.2, 0) is 6.54 Å². The highest BCUT2D eigenvalue weighted by atomic mass is 79.9. The second-order valence-electron chi connectivity index (χ2n) is 4.12. The van der Waals surface area contributed by atoms with Crippen molar-refractivity contribution >= 4 is 27.7 Å². The first kappa shape index (κ1) is 10.6. The molecule has 0 saturated carbocycles. The highest BCUT2D eigenvalue weighted by molar-refractivity contribution is 9.10. The molecule has 0 fully saturated rings. The molecule has 0 bridgehead atoms. The van der Waals surface area contributed by atoms with Crippen molar-refractivity contribution in [2.75, 3.05) is 4.90 Å². The van der Waals surface area contributed by atoms with Crippen molar-refractivity contribution in [3.8, 4) is 0 Å². The van der Waals surface area contributed by atoms with Gasteiger partial charge in [0.25, 0.3) is 0 Å². The second-order valence-corrected chi connectivity index (χ2v) is 5.04. The molecule has 2 aromatic carbocycles. The van der Waals surface area contributed by atoms with E-state index in [9.17, 15) is 0 Å². The molecule has 3 rings (SSSR count). The standard InChI is InChI=1S/C15H12BrN/c16-14-6-3-7-15(10-14)17-9-8-12-4-1-2-5-13(12)11-17/h1-10H,11H2. The summed E-state index contributed by atoms with van der Waals surface area (Å²) in [7, 11) is 0. The molecule has 17 heavy (non-hydrogen) atoms. The molecule has 0 radical (unpaired) electrons.